The van der Waals surface area contributed by atoms with Crippen molar-refractivity contribution < 1.29 is 13.2 Å². The molecule has 1 amide bonds. The molecule has 3 atom stereocenters. The molecular weight excluding hydrogens is 372 g/mol. The summed E-state index contributed by atoms with van der Waals surface area (Å²) in [5, 5.41) is 3.61. The van der Waals surface area contributed by atoms with Crippen LogP contribution in [-0.4, -0.2) is 44.6 Å². The summed E-state index contributed by atoms with van der Waals surface area (Å²) >= 11 is 0. The van der Waals surface area contributed by atoms with Crippen LogP contribution in [-0.2, 0) is 14.6 Å². The van der Waals surface area contributed by atoms with E-state index in [1.165, 1.54) is 19.1 Å². The predicted octanol–water partition coefficient (Wildman–Crippen LogP) is 2.95. The predicted molar refractivity (Wildman–Crippen MR) is 105 cm³/mol. The van der Waals surface area contributed by atoms with Crippen molar-refractivity contribution in [2.24, 2.45) is 5.92 Å². The first kappa shape index (κ1) is 21.2. The highest BCUT2D eigenvalue weighted by Gasteiger charge is 2.34. The van der Waals surface area contributed by atoms with Gasteiger partial charge in [-0.05, 0) is 56.2 Å². The number of fused-ring (bicyclic) bond motifs is 2. The molecule has 2 bridgehead atoms. The monoisotopic (exact) mass is 400 g/mol. The number of hydrogen-bond acceptors (Lipinski definition) is 4. The number of carbonyl (C=O) groups excluding carboxylic acids is 1. The Balaban J connectivity index is 0.00000243. The van der Waals surface area contributed by atoms with Crippen molar-refractivity contribution in [1.29, 1.82) is 0 Å². The number of piperidine rings is 1. The van der Waals surface area contributed by atoms with Crippen molar-refractivity contribution in [3.8, 4) is 0 Å². The number of hydrogen-bond donors (Lipinski definition) is 1. The molecule has 1 N–H and O–H groups in total. The van der Waals surface area contributed by atoms with E-state index in [4.69, 9.17) is 0 Å². The third-order valence-corrected chi connectivity index (χ3v) is 6.93. The van der Waals surface area contributed by atoms with Crippen LogP contribution in [0.1, 0.15) is 50.6 Å². The van der Waals surface area contributed by atoms with Gasteiger partial charge in [0.25, 0.3) is 0 Å². The van der Waals surface area contributed by atoms with Gasteiger partial charge < -0.3 is 10.2 Å². The first-order valence-electron chi connectivity index (χ1n) is 9.05. The molecule has 5 nitrogen and oxygen atoms in total. The molecule has 2 heterocycles. The minimum Gasteiger partial charge on any atom is -0.339 e. The second-order valence-electron chi connectivity index (χ2n) is 7.70. The number of nitrogens with one attached hydrogen (secondary N) is 1. The van der Waals surface area contributed by atoms with Crippen LogP contribution in [0.15, 0.2) is 29.2 Å². The molecule has 1 aromatic carbocycles. The maximum absolute atomic E-state index is 12.7. The molecule has 26 heavy (non-hydrogen) atoms. The summed E-state index contributed by atoms with van der Waals surface area (Å²) in [6.07, 6.45) is 6.51. The number of rotatable bonds is 5. The molecule has 0 aliphatic carbocycles. The summed E-state index contributed by atoms with van der Waals surface area (Å²) in [7, 11) is -1.35. The molecule has 7 heteroatoms. The zero-order valence-electron chi connectivity index (χ0n) is 15.6. The van der Waals surface area contributed by atoms with E-state index in [2.05, 4.69) is 5.32 Å². The quantitative estimate of drug-likeness (QED) is 0.825. The molecule has 0 aromatic heterocycles. The van der Waals surface area contributed by atoms with E-state index in [1.807, 2.05) is 14.0 Å². The average molecular weight is 401 g/mol. The maximum Gasteiger partial charge on any atom is 0.223 e. The van der Waals surface area contributed by atoms with Crippen molar-refractivity contribution in [2.75, 3.05) is 13.3 Å². The molecule has 2 aliphatic rings. The maximum atomic E-state index is 12.7. The molecule has 146 valence electrons. The summed E-state index contributed by atoms with van der Waals surface area (Å²) in [6.45, 7) is 1.99. The van der Waals surface area contributed by atoms with Gasteiger partial charge in [0, 0.05) is 31.8 Å². The van der Waals surface area contributed by atoms with Crippen molar-refractivity contribution in [3.63, 3.8) is 0 Å². The van der Waals surface area contributed by atoms with Crippen LogP contribution in [0.4, 0.5) is 0 Å². The number of nitrogens with zero attached hydrogens (tertiary/aromatic N) is 1. The van der Waals surface area contributed by atoms with Crippen LogP contribution in [0.3, 0.4) is 0 Å². The Morgan fingerprint density at radius 2 is 1.73 bits per heavy atom. The summed E-state index contributed by atoms with van der Waals surface area (Å²) < 4.78 is 23.1. The minimum absolute atomic E-state index is 0. The Hall–Kier alpha value is -1.11. The molecule has 0 spiro atoms. The Labute approximate surface area is 162 Å². The van der Waals surface area contributed by atoms with Gasteiger partial charge in [-0.2, -0.15) is 0 Å². The fourth-order valence-electron chi connectivity index (χ4n) is 4.17. The smallest absolute Gasteiger partial charge is 0.223 e. The number of carbonyl (C=O) groups is 1. The van der Waals surface area contributed by atoms with E-state index in [9.17, 15) is 13.2 Å². The molecule has 0 radical (unpaired) electrons. The first-order valence-corrected chi connectivity index (χ1v) is 10.9. The molecule has 2 aliphatic heterocycles. The second-order valence-corrected chi connectivity index (χ2v) is 9.72. The highest BCUT2D eigenvalue weighted by Crippen LogP contribution is 2.33. The van der Waals surface area contributed by atoms with Crippen molar-refractivity contribution in [1.82, 2.24) is 10.2 Å². The highest BCUT2D eigenvalue weighted by molar-refractivity contribution is 7.90. The standard InChI is InChI=1S/C19H28N2O3S.ClH/c1-13(15-4-8-18(9-5-15)25(3,23)24)21(2)19(22)12-14-10-16-6-7-17(11-14)20-16;/h4-5,8-9,13-14,16-17,20H,6-7,10-12H2,1-3H3;1H. The Morgan fingerprint density at radius 1 is 1.19 bits per heavy atom. The topological polar surface area (TPSA) is 66.5 Å². The number of benzene rings is 1. The second kappa shape index (κ2) is 8.28. The SMILES string of the molecule is CC(c1ccc(S(C)(=O)=O)cc1)N(C)C(=O)CC1CC2CCC(C1)N2.Cl. The van der Waals surface area contributed by atoms with Crippen molar-refractivity contribution in [2.45, 2.75) is 62.0 Å². The third kappa shape index (κ3) is 4.78. The Morgan fingerprint density at radius 3 is 2.23 bits per heavy atom. The van der Waals surface area contributed by atoms with Gasteiger partial charge in [0.2, 0.25) is 5.91 Å². The lowest BCUT2D eigenvalue weighted by Gasteiger charge is -2.31. The largest absolute Gasteiger partial charge is 0.339 e. The number of sulfone groups is 1. The molecule has 2 fully saturated rings. The van der Waals surface area contributed by atoms with Crippen molar-refractivity contribution in [3.05, 3.63) is 29.8 Å². The summed E-state index contributed by atoms with van der Waals surface area (Å²) in [5.41, 5.74) is 0.952. The van der Waals surface area contributed by atoms with Gasteiger partial charge in [-0.15, -0.1) is 12.4 Å². The van der Waals surface area contributed by atoms with E-state index >= 15 is 0 Å². The van der Waals surface area contributed by atoms with Crippen LogP contribution in [0.2, 0.25) is 0 Å². The van der Waals surface area contributed by atoms with Crippen LogP contribution in [0, 0.1) is 5.92 Å². The lowest BCUT2D eigenvalue weighted by molar-refractivity contribution is -0.133. The van der Waals surface area contributed by atoms with Crippen LogP contribution in [0.25, 0.3) is 0 Å². The van der Waals surface area contributed by atoms with Gasteiger partial charge in [0.05, 0.1) is 10.9 Å². The first-order chi connectivity index (χ1) is 11.7. The van der Waals surface area contributed by atoms with E-state index in [0.29, 0.717) is 29.3 Å². The van der Waals surface area contributed by atoms with Crippen LogP contribution >= 0.6 is 12.4 Å². The lowest BCUT2D eigenvalue weighted by Crippen LogP contribution is -2.40. The zero-order chi connectivity index (χ0) is 18.2. The third-order valence-electron chi connectivity index (χ3n) is 5.80. The minimum atomic E-state index is -3.19. The Bertz CT molecular complexity index is 724. The molecular formula is C19H29ClN2O3S. The van der Waals surface area contributed by atoms with Crippen LogP contribution in [0.5, 0.6) is 0 Å². The number of amides is 1. The van der Waals surface area contributed by atoms with E-state index in [0.717, 1.165) is 18.4 Å². The van der Waals surface area contributed by atoms with Gasteiger partial charge in [-0.1, -0.05) is 12.1 Å². The zero-order valence-corrected chi connectivity index (χ0v) is 17.3. The molecule has 3 unspecified atom stereocenters. The molecule has 0 saturated carbocycles. The van der Waals surface area contributed by atoms with Gasteiger partial charge in [-0.25, -0.2) is 8.42 Å². The summed E-state index contributed by atoms with van der Waals surface area (Å²) in [6, 6.07) is 7.96. The normalized spacial score (nSPS) is 26.0. The van der Waals surface area contributed by atoms with Crippen LogP contribution < -0.4 is 5.32 Å². The average Bonchev–Trinajstić information content (AvgIpc) is 2.91. The van der Waals surface area contributed by atoms with E-state index in [-0.39, 0.29) is 24.4 Å². The molecule has 1 aromatic rings. The lowest BCUT2D eigenvalue weighted by atomic mass is 9.89. The Kier molecular flexibility index (Phi) is 6.75. The fraction of sp³-hybridized carbons (Fsp3) is 0.632. The summed E-state index contributed by atoms with van der Waals surface area (Å²) in [4.78, 5) is 14.8. The molecule has 3 rings (SSSR count). The highest BCUT2D eigenvalue weighted by atomic mass is 35.5. The van der Waals surface area contributed by atoms with Gasteiger partial charge in [-0.3, -0.25) is 4.79 Å². The van der Waals surface area contributed by atoms with Crippen molar-refractivity contribution >= 4 is 28.2 Å². The van der Waals surface area contributed by atoms with E-state index < -0.39 is 9.84 Å². The van der Waals surface area contributed by atoms with Gasteiger partial charge in [0.15, 0.2) is 9.84 Å². The van der Waals surface area contributed by atoms with Gasteiger partial charge in [0.1, 0.15) is 0 Å². The fourth-order valence-corrected chi connectivity index (χ4v) is 4.80. The van der Waals surface area contributed by atoms with Gasteiger partial charge >= 0.3 is 0 Å². The number of halogens is 1. The van der Waals surface area contributed by atoms with E-state index in [1.54, 1.807) is 29.2 Å². The summed E-state index contributed by atoms with van der Waals surface area (Å²) in [5.74, 6) is 0.652. The molecule has 2 saturated heterocycles.